The van der Waals surface area contributed by atoms with Crippen LogP contribution in [0.1, 0.15) is 75.2 Å². The van der Waals surface area contributed by atoms with Crippen molar-refractivity contribution < 1.29 is 18.7 Å². The molecule has 0 spiro atoms. The van der Waals surface area contributed by atoms with E-state index in [0.717, 1.165) is 57.4 Å². The Kier molecular flexibility index (Phi) is 13.4. The Morgan fingerprint density at radius 3 is 1.81 bits per heavy atom. The number of methoxy groups -OCH3 is 1. The predicted octanol–water partition coefficient (Wildman–Crippen LogP) is 7.81. The van der Waals surface area contributed by atoms with E-state index in [9.17, 15) is 9.59 Å². The first-order chi connectivity index (χ1) is 17.9. The third kappa shape index (κ3) is 8.98. The van der Waals surface area contributed by atoms with Crippen LogP contribution in [0.25, 0.3) is 0 Å². The van der Waals surface area contributed by atoms with E-state index in [-0.39, 0.29) is 10.3 Å². The van der Waals surface area contributed by atoms with Gasteiger partial charge >= 0.3 is 228 Å². The molecule has 2 aromatic rings. The van der Waals surface area contributed by atoms with E-state index >= 15 is 4.39 Å². The third-order valence-corrected chi connectivity index (χ3v) is 21.7. The van der Waals surface area contributed by atoms with Crippen molar-refractivity contribution in [3.63, 3.8) is 0 Å². The Hall–Kier alpha value is -2.15. The van der Waals surface area contributed by atoms with Crippen molar-refractivity contribution in [2.75, 3.05) is 7.11 Å². The molecule has 0 aliphatic rings. The summed E-state index contributed by atoms with van der Waals surface area (Å²) < 4.78 is 24.7. The molecule has 1 atom stereocenters. The predicted molar refractivity (Wildman–Crippen MR) is 153 cm³/mol. The summed E-state index contributed by atoms with van der Waals surface area (Å²) in [6.07, 6.45) is 7.60. The molecule has 0 saturated carbocycles. The van der Waals surface area contributed by atoms with Gasteiger partial charge in [0, 0.05) is 0 Å². The Balaban J connectivity index is 2.68. The zero-order valence-electron chi connectivity index (χ0n) is 23.0. The summed E-state index contributed by atoms with van der Waals surface area (Å²) in [4.78, 5) is 26.8. The molecule has 2 aromatic carbocycles. The van der Waals surface area contributed by atoms with Crippen LogP contribution >= 0.6 is 0 Å². The number of nitrogens with one attached hydrogen (secondary N) is 1. The molecule has 2 rings (SSSR count). The zero-order chi connectivity index (χ0) is 27.2. The molecular weight excluding hydrogens is 572 g/mol. The number of rotatable bonds is 16. The van der Waals surface area contributed by atoms with Crippen molar-refractivity contribution in [3.05, 3.63) is 81.7 Å². The first-order valence-corrected chi connectivity index (χ1v) is 21.2. The van der Waals surface area contributed by atoms with Crippen LogP contribution in [0.3, 0.4) is 0 Å². The second-order valence-corrected chi connectivity index (χ2v) is 23.0. The molecule has 6 heteroatoms. The number of esters is 1. The molecule has 1 amide bonds. The van der Waals surface area contributed by atoms with Crippen molar-refractivity contribution in [2.24, 2.45) is 0 Å². The number of amides is 1. The van der Waals surface area contributed by atoms with Gasteiger partial charge in [-0.05, 0) is 0 Å². The number of halogens is 1. The van der Waals surface area contributed by atoms with E-state index in [0.29, 0.717) is 5.56 Å². The van der Waals surface area contributed by atoms with Crippen molar-refractivity contribution in [1.29, 1.82) is 0 Å². The van der Waals surface area contributed by atoms with E-state index < -0.39 is 35.8 Å². The molecule has 202 valence electrons. The topological polar surface area (TPSA) is 55.4 Å². The Morgan fingerprint density at radius 2 is 1.35 bits per heavy atom. The summed E-state index contributed by atoms with van der Waals surface area (Å²) in [5.74, 6) is -1.08. The summed E-state index contributed by atoms with van der Waals surface area (Å²) in [6.45, 7) is 6.43. The van der Waals surface area contributed by atoms with Crippen molar-refractivity contribution in [2.45, 2.75) is 84.6 Å². The van der Waals surface area contributed by atoms with Gasteiger partial charge in [-0.15, -0.1) is 0 Å². The molecule has 0 heterocycles. The molecule has 37 heavy (non-hydrogen) atoms. The SMILES string of the molecule is CCC[CH2][Sn]([CH2]CCC)([CH2]CCC)/[C](F)=C/[C@@](Cc1ccccc1)(NC(=O)c1ccccc1)C(=O)OC. The van der Waals surface area contributed by atoms with Crippen molar-refractivity contribution >= 4 is 30.3 Å². The van der Waals surface area contributed by atoms with Crippen molar-refractivity contribution in [3.8, 4) is 0 Å². The van der Waals surface area contributed by atoms with Gasteiger partial charge in [-0.2, -0.15) is 0 Å². The minimum atomic E-state index is -3.50. The van der Waals surface area contributed by atoms with Gasteiger partial charge in [-0.25, -0.2) is 0 Å². The quantitative estimate of drug-likeness (QED) is 0.155. The second kappa shape index (κ2) is 16.0. The second-order valence-electron chi connectivity index (χ2n) is 10.0. The van der Waals surface area contributed by atoms with Gasteiger partial charge in [0.25, 0.3) is 0 Å². The van der Waals surface area contributed by atoms with Gasteiger partial charge < -0.3 is 0 Å². The first-order valence-electron chi connectivity index (χ1n) is 13.7. The van der Waals surface area contributed by atoms with Gasteiger partial charge in [0.05, 0.1) is 0 Å². The summed E-state index contributed by atoms with van der Waals surface area (Å²) >= 11 is -3.50. The standard InChI is InChI=1S/C19H17FNO3.3C4H9.Sn/c1-24-18(23)19(12-13-20,14-15-8-4-2-5-9-15)21-17(22)16-10-6-3-7-11-16;3*1-3-4-2;/h2-12H,14H2,1H3,(H,21,22);3*1,3-4H2,2H3;/t19-;;;;/m0..../s1. The molecule has 0 saturated heterocycles. The van der Waals surface area contributed by atoms with Crippen LogP contribution in [-0.4, -0.2) is 42.9 Å². The molecule has 4 nitrogen and oxygen atoms in total. The summed E-state index contributed by atoms with van der Waals surface area (Å²) in [6, 6.07) is 18.2. The number of unbranched alkanes of at least 4 members (excludes halogenated alkanes) is 3. The van der Waals surface area contributed by atoms with Crippen molar-refractivity contribution in [1.82, 2.24) is 5.32 Å². The fourth-order valence-corrected chi connectivity index (χ4v) is 19.5. The van der Waals surface area contributed by atoms with E-state index in [1.807, 2.05) is 36.4 Å². The Morgan fingerprint density at radius 1 is 0.865 bits per heavy atom. The fraction of sp³-hybridized carbons (Fsp3) is 0.484. The number of carbonyl (C=O) groups is 2. The number of benzene rings is 2. The van der Waals surface area contributed by atoms with E-state index in [1.165, 1.54) is 13.2 Å². The summed E-state index contributed by atoms with van der Waals surface area (Å²) in [5.41, 5.74) is -0.405. The van der Waals surface area contributed by atoms with Crippen LogP contribution in [0.5, 0.6) is 0 Å². The maximum atomic E-state index is 16.8. The van der Waals surface area contributed by atoms with Gasteiger partial charge in [-0.3, -0.25) is 0 Å². The van der Waals surface area contributed by atoms with E-state index in [2.05, 4.69) is 26.1 Å². The minimum absolute atomic E-state index is 0.112. The number of hydrogen-bond acceptors (Lipinski definition) is 3. The van der Waals surface area contributed by atoms with Gasteiger partial charge in [0.15, 0.2) is 0 Å². The molecule has 0 bridgehead atoms. The first kappa shape index (κ1) is 31.1. The zero-order valence-corrected chi connectivity index (χ0v) is 25.9. The van der Waals surface area contributed by atoms with Crippen LogP contribution in [-0.2, 0) is 16.0 Å². The molecule has 0 radical (unpaired) electrons. The third-order valence-electron chi connectivity index (χ3n) is 7.15. The van der Waals surface area contributed by atoms with Crippen LogP contribution in [0.4, 0.5) is 4.39 Å². The maximum absolute atomic E-state index is 16.8. The fourth-order valence-electron chi connectivity index (χ4n) is 4.93. The number of ether oxygens (including phenoxy) is 1. The van der Waals surface area contributed by atoms with Gasteiger partial charge in [0.1, 0.15) is 0 Å². The average molecular weight is 616 g/mol. The van der Waals surface area contributed by atoms with Crippen LogP contribution in [0.2, 0.25) is 13.3 Å². The molecule has 0 aliphatic carbocycles. The molecule has 0 unspecified atom stereocenters. The molecule has 1 N–H and O–H groups in total. The van der Waals surface area contributed by atoms with Crippen LogP contribution in [0.15, 0.2) is 70.6 Å². The average Bonchev–Trinajstić information content (AvgIpc) is 2.93. The Bertz CT molecular complexity index is 974. The molecule has 0 aromatic heterocycles. The molecule has 0 aliphatic heterocycles. The normalized spacial score (nSPS) is 13.6. The number of hydrogen-bond donors (Lipinski definition) is 1. The summed E-state index contributed by atoms with van der Waals surface area (Å²) in [7, 11) is 1.30. The van der Waals surface area contributed by atoms with Gasteiger partial charge in [0.2, 0.25) is 0 Å². The van der Waals surface area contributed by atoms with E-state index in [4.69, 9.17) is 4.74 Å². The van der Waals surface area contributed by atoms with E-state index in [1.54, 1.807) is 24.3 Å². The van der Waals surface area contributed by atoms with Gasteiger partial charge in [-0.1, -0.05) is 0 Å². The number of carbonyl (C=O) groups excluding carboxylic acids is 2. The Labute approximate surface area is 227 Å². The summed E-state index contributed by atoms with van der Waals surface area (Å²) in [5, 5.41) is 2.92. The monoisotopic (exact) mass is 617 g/mol. The molecular formula is C31H44FNO3Sn. The van der Waals surface area contributed by atoms with Crippen LogP contribution < -0.4 is 5.32 Å². The molecule has 0 fully saturated rings. The van der Waals surface area contributed by atoms with Crippen LogP contribution in [0, 0.1) is 0 Å².